The summed E-state index contributed by atoms with van der Waals surface area (Å²) in [6.07, 6.45) is 0.697. The minimum absolute atomic E-state index is 0.0484. The molecule has 0 saturated heterocycles. The third-order valence-corrected chi connectivity index (χ3v) is 5.33. The molecule has 2 aromatic carbocycles. The normalized spacial score (nSPS) is 13.2. The van der Waals surface area contributed by atoms with Gasteiger partial charge >= 0.3 is 12.1 Å². The quantitative estimate of drug-likeness (QED) is 0.593. The molecule has 3 N–H and O–H groups in total. The zero-order valence-electron chi connectivity index (χ0n) is 17.8. The maximum absolute atomic E-state index is 12.4. The molecule has 0 bridgehead atoms. The first-order valence-corrected chi connectivity index (χ1v) is 10.0. The summed E-state index contributed by atoms with van der Waals surface area (Å²) in [5.41, 5.74) is 3.38. The van der Waals surface area contributed by atoms with E-state index in [1.54, 1.807) is 13.8 Å². The number of benzene rings is 2. The molecule has 0 fully saturated rings. The average Bonchev–Trinajstić information content (AvgIpc) is 3.05. The number of rotatable bonds is 7. The van der Waals surface area contributed by atoms with Crippen LogP contribution in [0.5, 0.6) is 0 Å². The molecule has 2 aromatic rings. The topological polar surface area (TPSA) is 105 Å². The molecule has 7 nitrogen and oxygen atoms in total. The molecule has 3 rings (SSSR count). The van der Waals surface area contributed by atoms with Crippen molar-refractivity contribution in [2.45, 2.75) is 32.2 Å². The monoisotopic (exact) mass is 422 g/mol. The van der Waals surface area contributed by atoms with E-state index in [2.05, 4.69) is 22.8 Å². The van der Waals surface area contributed by atoms with Gasteiger partial charge in [0.2, 0.25) is 5.91 Å². The van der Waals surface area contributed by atoms with Gasteiger partial charge in [-0.15, -0.1) is 0 Å². The van der Waals surface area contributed by atoms with Crippen LogP contribution in [0.15, 0.2) is 60.2 Å². The number of ether oxygens (including phenoxy) is 1. The van der Waals surface area contributed by atoms with Crippen molar-refractivity contribution < 1.29 is 24.2 Å². The summed E-state index contributed by atoms with van der Waals surface area (Å²) in [7, 11) is 0. The number of carbonyl (C=O) groups excluding carboxylic acids is 2. The molecule has 1 aliphatic rings. The fourth-order valence-corrected chi connectivity index (χ4v) is 3.55. The van der Waals surface area contributed by atoms with Crippen molar-refractivity contribution in [1.82, 2.24) is 10.6 Å². The number of alkyl carbamates (subject to hydrolysis) is 1. The first-order valence-electron chi connectivity index (χ1n) is 10.0. The summed E-state index contributed by atoms with van der Waals surface area (Å²) in [6.45, 7) is 4.74. The molecule has 0 aromatic heterocycles. The van der Waals surface area contributed by atoms with Gasteiger partial charge in [0.25, 0.3) is 0 Å². The highest BCUT2D eigenvalue weighted by atomic mass is 16.5. The number of nitrogens with one attached hydrogen (secondary N) is 2. The fraction of sp³-hybridized carbons (Fsp3) is 0.292. The Bertz CT molecular complexity index is 996. The van der Waals surface area contributed by atoms with Gasteiger partial charge in [-0.25, -0.2) is 9.59 Å². The predicted molar refractivity (Wildman–Crippen MR) is 117 cm³/mol. The lowest BCUT2D eigenvalue weighted by Crippen LogP contribution is -2.55. The second-order valence-corrected chi connectivity index (χ2v) is 7.98. The number of carboxylic acid groups (broad SMARTS) is 1. The van der Waals surface area contributed by atoms with Crippen LogP contribution in [-0.2, 0) is 14.3 Å². The summed E-state index contributed by atoms with van der Waals surface area (Å²) >= 11 is 0. The standard InChI is InChI=1S/C24H26N2O5/c1-15(21(27)28)12-13-25-22(29)24(2,3)26-23(30)31-14-20-18-10-6-4-8-16(18)17-9-5-7-11-19(17)20/h4-12,20H,13-14H2,1-3H3,(H,25,29)(H,26,30)(H,27,28)/b15-12+. The lowest BCUT2D eigenvalue weighted by atomic mass is 9.98. The Morgan fingerprint density at radius 1 is 1.03 bits per heavy atom. The van der Waals surface area contributed by atoms with Crippen molar-refractivity contribution >= 4 is 18.0 Å². The van der Waals surface area contributed by atoms with Crippen molar-refractivity contribution in [2.75, 3.05) is 13.2 Å². The number of aliphatic carboxylic acids is 1. The maximum atomic E-state index is 12.4. The van der Waals surface area contributed by atoms with E-state index in [9.17, 15) is 14.4 Å². The third-order valence-electron chi connectivity index (χ3n) is 5.33. The molecule has 7 heteroatoms. The lowest BCUT2D eigenvalue weighted by molar-refractivity contribution is -0.132. The van der Waals surface area contributed by atoms with E-state index in [1.807, 2.05) is 36.4 Å². The van der Waals surface area contributed by atoms with Gasteiger partial charge in [0.05, 0.1) is 0 Å². The Morgan fingerprint density at radius 2 is 1.58 bits per heavy atom. The molecule has 0 aliphatic heterocycles. The van der Waals surface area contributed by atoms with Gasteiger partial charge in [0, 0.05) is 18.0 Å². The molecule has 0 heterocycles. The fourth-order valence-electron chi connectivity index (χ4n) is 3.55. The van der Waals surface area contributed by atoms with Gasteiger partial charge in [0.1, 0.15) is 12.1 Å². The van der Waals surface area contributed by atoms with Gasteiger partial charge in [0.15, 0.2) is 0 Å². The van der Waals surface area contributed by atoms with Crippen molar-refractivity contribution in [3.8, 4) is 11.1 Å². The molecular formula is C24H26N2O5. The van der Waals surface area contributed by atoms with Gasteiger partial charge in [-0.05, 0) is 43.0 Å². The van der Waals surface area contributed by atoms with Crippen LogP contribution in [0.1, 0.15) is 37.8 Å². The molecule has 0 spiro atoms. The van der Waals surface area contributed by atoms with Crippen molar-refractivity contribution in [1.29, 1.82) is 0 Å². The van der Waals surface area contributed by atoms with E-state index in [1.165, 1.54) is 13.0 Å². The summed E-state index contributed by atoms with van der Waals surface area (Å²) in [4.78, 5) is 35.6. The van der Waals surface area contributed by atoms with Crippen LogP contribution in [0.3, 0.4) is 0 Å². The van der Waals surface area contributed by atoms with Gasteiger partial charge in [-0.3, -0.25) is 4.79 Å². The SMILES string of the molecule is C/C(=C\CNC(=O)C(C)(C)NC(=O)OCC1c2ccccc2-c2ccccc21)C(=O)O. The van der Waals surface area contributed by atoms with Crippen LogP contribution in [0.4, 0.5) is 4.79 Å². The van der Waals surface area contributed by atoms with Crippen LogP contribution in [0.2, 0.25) is 0 Å². The number of hydrogen-bond donors (Lipinski definition) is 3. The zero-order chi connectivity index (χ0) is 22.6. The number of carboxylic acids is 1. The number of hydrogen-bond acceptors (Lipinski definition) is 4. The summed E-state index contributed by atoms with van der Waals surface area (Å²) in [5, 5.41) is 14.0. The molecule has 0 atom stereocenters. The minimum Gasteiger partial charge on any atom is -0.478 e. The molecule has 31 heavy (non-hydrogen) atoms. The van der Waals surface area contributed by atoms with E-state index in [0.29, 0.717) is 0 Å². The van der Waals surface area contributed by atoms with E-state index < -0.39 is 23.5 Å². The van der Waals surface area contributed by atoms with Crippen molar-refractivity contribution in [2.24, 2.45) is 0 Å². The van der Waals surface area contributed by atoms with E-state index >= 15 is 0 Å². The van der Waals surface area contributed by atoms with Gasteiger partial charge in [-0.1, -0.05) is 54.6 Å². The van der Waals surface area contributed by atoms with Gasteiger partial charge in [-0.2, -0.15) is 0 Å². The first-order chi connectivity index (χ1) is 14.7. The number of fused-ring (bicyclic) bond motifs is 3. The van der Waals surface area contributed by atoms with Crippen LogP contribution in [0, 0.1) is 0 Å². The van der Waals surface area contributed by atoms with E-state index in [4.69, 9.17) is 9.84 Å². The highest BCUT2D eigenvalue weighted by Crippen LogP contribution is 2.44. The minimum atomic E-state index is -1.23. The van der Waals surface area contributed by atoms with Crippen molar-refractivity contribution in [3.05, 3.63) is 71.3 Å². The molecule has 2 amide bonds. The molecule has 162 valence electrons. The van der Waals surface area contributed by atoms with Crippen LogP contribution in [-0.4, -0.2) is 41.8 Å². The molecular weight excluding hydrogens is 396 g/mol. The molecule has 1 aliphatic carbocycles. The van der Waals surface area contributed by atoms with Crippen LogP contribution >= 0.6 is 0 Å². The third kappa shape index (κ3) is 4.94. The Hall–Kier alpha value is -3.61. The molecule has 0 radical (unpaired) electrons. The maximum Gasteiger partial charge on any atom is 0.408 e. The summed E-state index contributed by atoms with van der Waals surface area (Å²) < 4.78 is 5.48. The smallest absolute Gasteiger partial charge is 0.408 e. The Labute approximate surface area is 181 Å². The van der Waals surface area contributed by atoms with Crippen LogP contribution < -0.4 is 10.6 Å². The second-order valence-electron chi connectivity index (χ2n) is 7.98. The van der Waals surface area contributed by atoms with Gasteiger partial charge < -0.3 is 20.5 Å². The molecule has 0 saturated carbocycles. The number of amides is 2. The predicted octanol–water partition coefficient (Wildman–Crippen LogP) is 3.45. The Kier molecular flexibility index (Phi) is 6.44. The van der Waals surface area contributed by atoms with Crippen LogP contribution in [0.25, 0.3) is 11.1 Å². The van der Waals surface area contributed by atoms with E-state index in [-0.39, 0.29) is 24.6 Å². The average molecular weight is 422 g/mol. The van der Waals surface area contributed by atoms with E-state index in [0.717, 1.165) is 22.3 Å². The number of carbonyl (C=O) groups is 3. The Morgan fingerprint density at radius 3 is 2.13 bits per heavy atom. The lowest BCUT2D eigenvalue weighted by Gasteiger charge is -2.25. The highest BCUT2D eigenvalue weighted by Gasteiger charge is 2.32. The largest absolute Gasteiger partial charge is 0.478 e. The zero-order valence-corrected chi connectivity index (χ0v) is 17.8. The first kappa shape index (κ1) is 22.1. The Balaban J connectivity index is 1.59. The summed E-state index contributed by atoms with van der Waals surface area (Å²) in [5.74, 6) is -1.57. The van der Waals surface area contributed by atoms with Crippen molar-refractivity contribution in [3.63, 3.8) is 0 Å². The second kappa shape index (κ2) is 9.04. The molecule has 0 unspecified atom stereocenters. The highest BCUT2D eigenvalue weighted by molar-refractivity contribution is 5.89. The summed E-state index contributed by atoms with van der Waals surface area (Å²) in [6, 6.07) is 16.1.